The van der Waals surface area contributed by atoms with Crippen molar-refractivity contribution in [1.82, 2.24) is 0 Å². The summed E-state index contributed by atoms with van der Waals surface area (Å²) in [5.41, 5.74) is 3.79. The van der Waals surface area contributed by atoms with E-state index in [-0.39, 0.29) is 0 Å². The Morgan fingerprint density at radius 2 is 1.79 bits per heavy atom. The first-order valence-corrected chi connectivity index (χ1v) is 5.58. The third-order valence-corrected chi connectivity index (χ3v) is 3.11. The highest BCUT2D eigenvalue weighted by Crippen LogP contribution is 2.32. The number of anilines is 1. The zero-order chi connectivity index (χ0) is 10.1. The molecule has 0 spiro atoms. The second-order valence-electron chi connectivity index (χ2n) is 4.11. The van der Waals surface area contributed by atoms with Crippen LogP contribution < -0.4 is 4.90 Å². The lowest BCUT2D eigenvalue weighted by Crippen LogP contribution is -2.19. The van der Waals surface area contributed by atoms with E-state index in [4.69, 9.17) is 11.6 Å². The smallest absolute Gasteiger partial charge is 0.0644 e. The third-order valence-electron chi connectivity index (χ3n) is 2.82. The molecular formula is C12H16ClN. The second kappa shape index (κ2) is 3.82. The van der Waals surface area contributed by atoms with E-state index < -0.39 is 0 Å². The van der Waals surface area contributed by atoms with Gasteiger partial charge in [0, 0.05) is 13.1 Å². The van der Waals surface area contributed by atoms with E-state index in [1.165, 1.54) is 29.7 Å². The van der Waals surface area contributed by atoms with Crippen molar-refractivity contribution in [2.45, 2.75) is 26.7 Å². The molecule has 1 saturated heterocycles. The number of nitrogens with zero attached hydrogens (tertiary/aromatic N) is 1. The zero-order valence-electron chi connectivity index (χ0n) is 8.81. The number of hydrogen-bond donors (Lipinski definition) is 0. The highest BCUT2D eigenvalue weighted by atomic mass is 35.5. The Kier molecular flexibility index (Phi) is 2.69. The van der Waals surface area contributed by atoms with Crippen LogP contribution in [-0.4, -0.2) is 13.1 Å². The molecule has 0 radical (unpaired) electrons. The largest absolute Gasteiger partial charge is 0.370 e. The monoisotopic (exact) mass is 209 g/mol. The van der Waals surface area contributed by atoms with Gasteiger partial charge in [0.05, 0.1) is 10.7 Å². The summed E-state index contributed by atoms with van der Waals surface area (Å²) < 4.78 is 0. The molecule has 1 aliphatic heterocycles. The van der Waals surface area contributed by atoms with E-state index in [9.17, 15) is 0 Å². The quantitative estimate of drug-likeness (QED) is 0.684. The molecule has 2 heteroatoms. The summed E-state index contributed by atoms with van der Waals surface area (Å²) in [5.74, 6) is 0. The fourth-order valence-corrected chi connectivity index (χ4v) is 2.69. The van der Waals surface area contributed by atoms with E-state index in [1.54, 1.807) is 0 Å². The average Bonchev–Trinajstić information content (AvgIpc) is 2.54. The summed E-state index contributed by atoms with van der Waals surface area (Å²) in [6, 6.07) is 4.27. The van der Waals surface area contributed by atoms with Gasteiger partial charge in [0.1, 0.15) is 0 Å². The van der Waals surface area contributed by atoms with Gasteiger partial charge in [-0.1, -0.05) is 17.7 Å². The van der Waals surface area contributed by atoms with Crippen LogP contribution in [0.3, 0.4) is 0 Å². The van der Waals surface area contributed by atoms with Crippen molar-refractivity contribution in [3.8, 4) is 0 Å². The van der Waals surface area contributed by atoms with E-state index >= 15 is 0 Å². The Hall–Kier alpha value is -0.690. The van der Waals surface area contributed by atoms with Crippen LogP contribution in [0.5, 0.6) is 0 Å². The SMILES string of the molecule is Cc1cc(C)c(N2CCCC2)c(Cl)c1. The summed E-state index contributed by atoms with van der Waals surface area (Å²) in [6.07, 6.45) is 2.59. The van der Waals surface area contributed by atoms with Gasteiger partial charge in [-0.05, 0) is 43.9 Å². The highest BCUT2D eigenvalue weighted by Gasteiger charge is 2.17. The molecule has 0 bridgehead atoms. The first kappa shape index (κ1) is 9.85. The van der Waals surface area contributed by atoms with Gasteiger partial charge in [-0.25, -0.2) is 0 Å². The second-order valence-corrected chi connectivity index (χ2v) is 4.51. The predicted octanol–water partition coefficient (Wildman–Crippen LogP) is 3.56. The van der Waals surface area contributed by atoms with Crippen LogP contribution in [0.2, 0.25) is 5.02 Å². The lowest BCUT2D eigenvalue weighted by Gasteiger charge is -2.22. The summed E-state index contributed by atoms with van der Waals surface area (Å²) >= 11 is 6.27. The molecule has 0 aliphatic carbocycles. The zero-order valence-corrected chi connectivity index (χ0v) is 9.56. The Balaban J connectivity index is 2.40. The van der Waals surface area contributed by atoms with Crippen LogP contribution in [-0.2, 0) is 0 Å². The minimum atomic E-state index is 0.907. The molecule has 0 saturated carbocycles. The van der Waals surface area contributed by atoms with Crippen molar-refractivity contribution >= 4 is 17.3 Å². The molecule has 1 aliphatic rings. The average molecular weight is 210 g/mol. The van der Waals surface area contributed by atoms with Crippen LogP contribution in [0.4, 0.5) is 5.69 Å². The molecule has 0 unspecified atom stereocenters. The standard InChI is InChI=1S/C12H16ClN/c1-9-7-10(2)12(11(13)8-9)14-5-3-4-6-14/h7-8H,3-6H2,1-2H3. The minimum absolute atomic E-state index is 0.907. The van der Waals surface area contributed by atoms with Crippen molar-refractivity contribution in [2.24, 2.45) is 0 Å². The van der Waals surface area contributed by atoms with Crippen molar-refractivity contribution < 1.29 is 0 Å². The van der Waals surface area contributed by atoms with Crippen molar-refractivity contribution in [2.75, 3.05) is 18.0 Å². The molecule has 1 fully saturated rings. The maximum atomic E-state index is 6.27. The molecule has 76 valence electrons. The number of rotatable bonds is 1. The lowest BCUT2D eigenvalue weighted by atomic mass is 10.1. The molecule has 1 nitrogen and oxygen atoms in total. The van der Waals surface area contributed by atoms with Gasteiger partial charge >= 0.3 is 0 Å². The van der Waals surface area contributed by atoms with Crippen LogP contribution in [0, 0.1) is 13.8 Å². The number of halogens is 1. The van der Waals surface area contributed by atoms with E-state index in [0.717, 1.165) is 18.1 Å². The van der Waals surface area contributed by atoms with Gasteiger partial charge in [-0.2, -0.15) is 0 Å². The van der Waals surface area contributed by atoms with Gasteiger partial charge in [-0.3, -0.25) is 0 Å². The van der Waals surface area contributed by atoms with Crippen LogP contribution in [0.15, 0.2) is 12.1 Å². The van der Waals surface area contributed by atoms with Crippen molar-refractivity contribution in [1.29, 1.82) is 0 Å². The number of aryl methyl sites for hydroxylation is 2. The minimum Gasteiger partial charge on any atom is -0.370 e. The van der Waals surface area contributed by atoms with Crippen LogP contribution in [0.1, 0.15) is 24.0 Å². The Bertz CT molecular complexity index is 317. The molecule has 0 atom stereocenters. The maximum Gasteiger partial charge on any atom is 0.0644 e. The summed E-state index contributed by atoms with van der Waals surface area (Å²) in [7, 11) is 0. The third kappa shape index (κ3) is 1.74. The summed E-state index contributed by atoms with van der Waals surface area (Å²) in [4.78, 5) is 2.40. The van der Waals surface area contributed by atoms with Gasteiger partial charge in [-0.15, -0.1) is 0 Å². The van der Waals surface area contributed by atoms with Gasteiger partial charge in [0.2, 0.25) is 0 Å². The molecule has 1 heterocycles. The fraction of sp³-hybridized carbons (Fsp3) is 0.500. The molecule has 14 heavy (non-hydrogen) atoms. The number of hydrogen-bond acceptors (Lipinski definition) is 1. The lowest BCUT2D eigenvalue weighted by molar-refractivity contribution is 0.949. The maximum absolute atomic E-state index is 6.27. The Morgan fingerprint density at radius 1 is 1.14 bits per heavy atom. The Labute approximate surface area is 90.7 Å². The molecule has 1 aromatic carbocycles. The van der Waals surface area contributed by atoms with Gasteiger partial charge in [0.15, 0.2) is 0 Å². The topological polar surface area (TPSA) is 3.24 Å². The molecule has 0 N–H and O–H groups in total. The van der Waals surface area contributed by atoms with E-state index in [1.807, 2.05) is 0 Å². The van der Waals surface area contributed by atoms with Gasteiger partial charge in [0.25, 0.3) is 0 Å². The first-order chi connectivity index (χ1) is 6.68. The molecule has 2 rings (SSSR count). The molecular weight excluding hydrogens is 194 g/mol. The Morgan fingerprint density at radius 3 is 2.36 bits per heavy atom. The number of benzene rings is 1. The van der Waals surface area contributed by atoms with Crippen molar-refractivity contribution in [3.63, 3.8) is 0 Å². The van der Waals surface area contributed by atoms with Crippen LogP contribution in [0.25, 0.3) is 0 Å². The van der Waals surface area contributed by atoms with Crippen molar-refractivity contribution in [3.05, 3.63) is 28.3 Å². The first-order valence-electron chi connectivity index (χ1n) is 5.20. The normalized spacial score (nSPS) is 16.4. The molecule has 0 amide bonds. The summed E-state index contributed by atoms with van der Waals surface area (Å²) in [5, 5.41) is 0.907. The summed E-state index contributed by atoms with van der Waals surface area (Å²) in [6.45, 7) is 6.55. The van der Waals surface area contributed by atoms with E-state index in [2.05, 4.69) is 30.9 Å². The van der Waals surface area contributed by atoms with E-state index in [0.29, 0.717) is 0 Å². The van der Waals surface area contributed by atoms with Gasteiger partial charge < -0.3 is 4.90 Å². The highest BCUT2D eigenvalue weighted by molar-refractivity contribution is 6.33. The molecule has 0 aromatic heterocycles. The predicted molar refractivity (Wildman–Crippen MR) is 62.4 cm³/mol. The molecule has 1 aromatic rings. The van der Waals surface area contributed by atoms with Crippen LogP contribution >= 0.6 is 11.6 Å². The fourth-order valence-electron chi connectivity index (χ4n) is 2.25.